The van der Waals surface area contributed by atoms with Crippen molar-refractivity contribution < 1.29 is 14.3 Å². The lowest BCUT2D eigenvalue weighted by molar-refractivity contribution is -0.148. The monoisotopic (exact) mass is 494 g/mol. The normalized spacial score (nSPS) is 17.7. The molecular weight excluding hydrogens is 459 g/mol. The van der Waals surface area contributed by atoms with Gasteiger partial charge in [0, 0.05) is 45.6 Å². The molecule has 0 aromatic heterocycles. The van der Waals surface area contributed by atoms with Gasteiger partial charge in [0.05, 0.1) is 0 Å². The van der Waals surface area contributed by atoms with Gasteiger partial charge in [-0.2, -0.15) is 0 Å². The van der Waals surface area contributed by atoms with Crippen molar-refractivity contribution in [1.82, 2.24) is 15.5 Å². The van der Waals surface area contributed by atoms with Gasteiger partial charge in [-0.3, -0.25) is 14.6 Å². The van der Waals surface area contributed by atoms with Crippen LogP contribution in [-0.4, -0.2) is 61.6 Å². The quantitative estimate of drug-likeness (QED) is 0.160. The Kier molecular flexibility index (Phi) is 12.4. The van der Waals surface area contributed by atoms with Gasteiger partial charge >= 0.3 is 5.97 Å². The van der Waals surface area contributed by atoms with Gasteiger partial charge in [0.25, 0.3) is 0 Å². The highest BCUT2D eigenvalue weighted by Crippen LogP contribution is 2.21. The Bertz CT molecular complexity index is 482. The van der Waals surface area contributed by atoms with E-state index in [4.69, 9.17) is 4.74 Å². The van der Waals surface area contributed by atoms with E-state index in [2.05, 4.69) is 15.6 Å². The summed E-state index contributed by atoms with van der Waals surface area (Å²) in [5.74, 6) is 0.948. The lowest BCUT2D eigenvalue weighted by Crippen LogP contribution is -2.38. The van der Waals surface area contributed by atoms with Crippen LogP contribution in [0.2, 0.25) is 0 Å². The lowest BCUT2D eigenvalue weighted by atomic mass is 10.3. The minimum absolute atomic E-state index is 0. The van der Waals surface area contributed by atoms with Crippen LogP contribution in [0.15, 0.2) is 4.99 Å². The summed E-state index contributed by atoms with van der Waals surface area (Å²) < 4.78 is 5.46. The molecule has 0 aromatic carbocycles. The minimum atomic E-state index is -0.0871. The van der Waals surface area contributed by atoms with Gasteiger partial charge in [-0.25, -0.2) is 0 Å². The minimum Gasteiger partial charge on any atom is -0.462 e. The molecule has 0 radical (unpaired) electrons. The van der Waals surface area contributed by atoms with E-state index in [0.717, 1.165) is 57.7 Å². The number of nitrogens with one attached hydrogen (secondary N) is 2. The average Bonchev–Trinajstić information content (AvgIpc) is 3.27. The molecule has 8 heteroatoms. The fourth-order valence-corrected chi connectivity index (χ4v) is 3.43. The zero-order valence-electron chi connectivity index (χ0n) is 16.5. The summed E-state index contributed by atoms with van der Waals surface area (Å²) in [7, 11) is 0. The zero-order valence-corrected chi connectivity index (χ0v) is 18.8. The molecule has 0 bridgehead atoms. The number of guanidine groups is 1. The molecule has 0 atom stereocenters. The maximum Gasteiger partial charge on any atom is 0.306 e. The van der Waals surface area contributed by atoms with E-state index < -0.39 is 0 Å². The highest BCUT2D eigenvalue weighted by Gasteiger charge is 2.19. The third kappa shape index (κ3) is 9.62. The van der Waals surface area contributed by atoms with Crippen molar-refractivity contribution in [2.75, 3.05) is 32.7 Å². The Morgan fingerprint density at radius 1 is 1.22 bits per heavy atom. The molecule has 1 heterocycles. The van der Waals surface area contributed by atoms with Crippen LogP contribution in [0.4, 0.5) is 0 Å². The summed E-state index contributed by atoms with van der Waals surface area (Å²) in [4.78, 5) is 29.8. The first-order chi connectivity index (χ1) is 12.7. The highest BCUT2D eigenvalue weighted by atomic mass is 127. The summed E-state index contributed by atoms with van der Waals surface area (Å²) in [5.41, 5.74) is 0. The Balaban J connectivity index is 0.00000364. The number of aliphatic imine (C=N–C) groups is 1. The van der Waals surface area contributed by atoms with Crippen molar-refractivity contribution in [2.45, 2.75) is 70.8 Å². The number of amides is 1. The van der Waals surface area contributed by atoms with E-state index in [9.17, 15) is 9.59 Å². The zero-order chi connectivity index (χ0) is 18.6. The molecule has 2 aliphatic rings. The molecule has 0 spiro atoms. The number of carbonyl (C=O) groups excluding carboxylic acids is 2. The molecule has 27 heavy (non-hydrogen) atoms. The van der Waals surface area contributed by atoms with Crippen molar-refractivity contribution in [3.63, 3.8) is 0 Å². The van der Waals surface area contributed by atoms with Crippen molar-refractivity contribution in [3.8, 4) is 0 Å². The molecule has 2 fully saturated rings. The number of nitrogens with zero attached hydrogens (tertiary/aromatic N) is 2. The van der Waals surface area contributed by atoms with E-state index in [1.54, 1.807) is 0 Å². The Morgan fingerprint density at radius 2 is 2.00 bits per heavy atom. The Hall–Kier alpha value is -1.06. The molecule has 0 aromatic rings. The fourth-order valence-electron chi connectivity index (χ4n) is 3.43. The molecular formula is C19H35IN4O3. The van der Waals surface area contributed by atoms with Crippen LogP contribution in [0, 0.1) is 0 Å². The summed E-state index contributed by atoms with van der Waals surface area (Å²) in [6.07, 6.45) is 8.26. The third-order valence-electron chi connectivity index (χ3n) is 4.82. The maximum atomic E-state index is 11.8. The summed E-state index contributed by atoms with van der Waals surface area (Å²) in [6, 6.07) is 0. The Morgan fingerprint density at radius 3 is 2.67 bits per heavy atom. The number of ether oxygens (including phenoxy) is 1. The Labute approximate surface area is 180 Å². The molecule has 7 nitrogen and oxygen atoms in total. The first-order valence-electron chi connectivity index (χ1n) is 10.2. The van der Waals surface area contributed by atoms with Gasteiger partial charge < -0.3 is 20.3 Å². The number of hydrogen-bond donors (Lipinski definition) is 2. The molecule has 2 N–H and O–H groups in total. The summed E-state index contributed by atoms with van der Waals surface area (Å²) in [6.45, 7) is 5.87. The van der Waals surface area contributed by atoms with Crippen molar-refractivity contribution in [1.29, 1.82) is 0 Å². The van der Waals surface area contributed by atoms with Crippen LogP contribution in [0.1, 0.15) is 64.7 Å². The van der Waals surface area contributed by atoms with E-state index >= 15 is 0 Å². The van der Waals surface area contributed by atoms with Crippen molar-refractivity contribution >= 4 is 41.8 Å². The first-order valence-corrected chi connectivity index (χ1v) is 10.2. The number of carbonyl (C=O) groups is 2. The number of likely N-dealkylation sites (tertiary alicyclic amines) is 1. The van der Waals surface area contributed by atoms with E-state index in [0.29, 0.717) is 25.9 Å². The highest BCUT2D eigenvalue weighted by molar-refractivity contribution is 14.0. The molecule has 2 rings (SSSR count). The van der Waals surface area contributed by atoms with E-state index in [-0.39, 0.29) is 42.0 Å². The standard InChI is InChI=1S/C19H34N4O3.HI/c1-2-20-19(22-13-7-15-23-14-6-10-17(23)24)21-12-5-11-18(25)26-16-8-3-4-9-16;/h16H,2-15H2,1H3,(H2,20,21,22);1H. The predicted molar refractivity (Wildman–Crippen MR) is 117 cm³/mol. The van der Waals surface area contributed by atoms with Gasteiger partial charge in [0.1, 0.15) is 6.10 Å². The molecule has 156 valence electrons. The smallest absolute Gasteiger partial charge is 0.306 e. The first kappa shape index (κ1) is 24.0. The molecule has 1 amide bonds. The predicted octanol–water partition coefficient (Wildman–Crippen LogP) is 2.44. The second-order valence-corrected chi connectivity index (χ2v) is 7.03. The summed E-state index contributed by atoms with van der Waals surface area (Å²) in [5, 5.41) is 6.47. The van der Waals surface area contributed by atoms with Crippen LogP contribution in [0.25, 0.3) is 0 Å². The van der Waals surface area contributed by atoms with Gasteiger partial charge in [0.2, 0.25) is 5.91 Å². The van der Waals surface area contributed by atoms with E-state index in [1.165, 1.54) is 12.8 Å². The van der Waals surface area contributed by atoms with E-state index in [1.807, 2.05) is 11.8 Å². The van der Waals surface area contributed by atoms with Gasteiger partial charge in [-0.05, 0) is 51.9 Å². The van der Waals surface area contributed by atoms with Crippen LogP contribution >= 0.6 is 24.0 Å². The average molecular weight is 494 g/mol. The third-order valence-corrected chi connectivity index (χ3v) is 4.82. The molecule has 0 unspecified atom stereocenters. The van der Waals surface area contributed by atoms with Crippen LogP contribution in [0.5, 0.6) is 0 Å². The van der Waals surface area contributed by atoms with Gasteiger partial charge in [-0.15, -0.1) is 24.0 Å². The van der Waals surface area contributed by atoms with Crippen molar-refractivity contribution in [3.05, 3.63) is 0 Å². The SMILES string of the molecule is CCNC(=NCCCN1CCCC1=O)NCCCC(=O)OC1CCCC1.I. The van der Waals surface area contributed by atoms with Gasteiger partial charge in [0.15, 0.2) is 5.96 Å². The van der Waals surface area contributed by atoms with Crippen LogP contribution in [-0.2, 0) is 14.3 Å². The van der Waals surface area contributed by atoms with Crippen LogP contribution in [0.3, 0.4) is 0 Å². The number of esters is 1. The maximum absolute atomic E-state index is 11.8. The van der Waals surface area contributed by atoms with Crippen LogP contribution < -0.4 is 10.6 Å². The second-order valence-electron chi connectivity index (χ2n) is 7.03. The number of hydrogen-bond acceptors (Lipinski definition) is 4. The topological polar surface area (TPSA) is 83.0 Å². The molecule has 1 saturated heterocycles. The second kappa shape index (κ2) is 14.0. The summed E-state index contributed by atoms with van der Waals surface area (Å²) >= 11 is 0. The largest absolute Gasteiger partial charge is 0.462 e. The van der Waals surface area contributed by atoms with Crippen molar-refractivity contribution in [2.24, 2.45) is 4.99 Å². The molecule has 1 aliphatic heterocycles. The van der Waals surface area contributed by atoms with Gasteiger partial charge in [-0.1, -0.05) is 0 Å². The molecule has 1 aliphatic carbocycles. The molecule has 1 saturated carbocycles. The fraction of sp³-hybridized carbons (Fsp3) is 0.842. The number of rotatable bonds is 10. The number of halogens is 1. The lowest BCUT2D eigenvalue weighted by Gasteiger charge is -2.15.